The van der Waals surface area contributed by atoms with E-state index in [2.05, 4.69) is 17.1 Å². The normalized spacial score (nSPS) is 41.5. The summed E-state index contributed by atoms with van der Waals surface area (Å²) in [5, 5.41) is 3.51. The Balaban J connectivity index is 1.83. The van der Waals surface area contributed by atoms with E-state index >= 15 is 0 Å². The summed E-state index contributed by atoms with van der Waals surface area (Å²) in [5.74, 6) is 0. The number of halogens is 1. The van der Waals surface area contributed by atoms with Crippen molar-refractivity contribution in [3.8, 4) is 0 Å². The lowest BCUT2D eigenvalue weighted by Gasteiger charge is -2.29. The first kappa shape index (κ1) is 9.41. The van der Waals surface area contributed by atoms with E-state index < -0.39 is 6.17 Å². The van der Waals surface area contributed by atoms with Crippen molar-refractivity contribution >= 4 is 0 Å². The third-order valence-electron chi connectivity index (χ3n) is 3.24. The van der Waals surface area contributed by atoms with Crippen LogP contribution in [-0.4, -0.2) is 42.8 Å². The Morgan fingerprint density at radius 3 is 3.00 bits per heavy atom. The molecular weight excluding hydrogens is 167 g/mol. The molecule has 13 heavy (non-hydrogen) atoms. The van der Waals surface area contributed by atoms with Gasteiger partial charge in [0, 0.05) is 25.2 Å². The summed E-state index contributed by atoms with van der Waals surface area (Å²) in [7, 11) is 0. The van der Waals surface area contributed by atoms with Crippen molar-refractivity contribution in [2.24, 2.45) is 0 Å². The molecule has 2 heterocycles. The molecule has 2 fully saturated rings. The molecule has 0 aliphatic carbocycles. The van der Waals surface area contributed by atoms with Gasteiger partial charge in [-0.3, -0.25) is 4.90 Å². The molecule has 0 saturated carbocycles. The third kappa shape index (κ3) is 2.20. The highest BCUT2D eigenvalue weighted by Crippen LogP contribution is 2.22. The third-order valence-corrected chi connectivity index (χ3v) is 3.24. The predicted octanol–water partition coefficient (Wildman–Crippen LogP) is 1.17. The van der Waals surface area contributed by atoms with Crippen molar-refractivity contribution in [3.05, 3.63) is 0 Å². The first-order chi connectivity index (χ1) is 6.18. The van der Waals surface area contributed by atoms with E-state index in [-0.39, 0.29) is 5.54 Å². The molecule has 76 valence electrons. The highest BCUT2D eigenvalue weighted by Gasteiger charge is 2.32. The molecule has 0 aromatic heterocycles. The number of hydrogen-bond donors (Lipinski definition) is 1. The topological polar surface area (TPSA) is 15.3 Å². The van der Waals surface area contributed by atoms with Crippen molar-refractivity contribution in [1.29, 1.82) is 0 Å². The lowest BCUT2D eigenvalue weighted by atomic mass is 10.00. The van der Waals surface area contributed by atoms with Gasteiger partial charge in [0.2, 0.25) is 0 Å². The van der Waals surface area contributed by atoms with E-state index in [1.54, 1.807) is 0 Å². The zero-order valence-corrected chi connectivity index (χ0v) is 8.35. The van der Waals surface area contributed by atoms with Gasteiger partial charge in [-0.2, -0.15) is 0 Å². The van der Waals surface area contributed by atoms with Crippen LogP contribution in [0.4, 0.5) is 4.39 Å². The van der Waals surface area contributed by atoms with Crippen LogP contribution in [0.1, 0.15) is 26.2 Å². The van der Waals surface area contributed by atoms with E-state index in [0.717, 1.165) is 26.1 Å². The van der Waals surface area contributed by atoms with Gasteiger partial charge in [0.25, 0.3) is 0 Å². The fourth-order valence-corrected chi connectivity index (χ4v) is 2.51. The summed E-state index contributed by atoms with van der Waals surface area (Å²) >= 11 is 0. The molecule has 2 aliphatic rings. The molecule has 0 aromatic rings. The van der Waals surface area contributed by atoms with E-state index in [0.29, 0.717) is 6.54 Å². The lowest BCUT2D eigenvalue weighted by molar-refractivity contribution is 0.223. The average molecular weight is 186 g/mol. The first-order valence-corrected chi connectivity index (χ1v) is 5.29. The van der Waals surface area contributed by atoms with Gasteiger partial charge in [-0.1, -0.05) is 0 Å². The summed E-state index contributed by atoms with van der Waals surface area (Å²) in [6.45, 7) is 6.00. The monoisotopic (exact) mass is 186 g/mol. The van der Waals surface area contributed by atoms with Crippen LogP contribution in [0.15, 0.2) is 0 Å². The smallest absolute Gasteiger partial charge is 0.114 e. The van der Waals surface area contributed by atoms with Crippen LogP contribution in [0.2, 0.25) is 0 Å². The largest absolute Gasteiger partial charge is 0.310 e. The quantitative estimate of drug-likeness (QED) is 0.696. The van der Waals surface area contributed by atoms with Crippen LogP contribution in [0.25, 0.3) is 0 Å². The Hall–Kier alpha value is -0.150. The van der Waals surface area contributed by atoms with Crippen LogP contribution in [-0.2, 0) is 0 Å². The van der Waals surface area contributed by atoms with Crippen LogP contribution in [0.5, 0.6) is 0 Å². The maximum absolute atomic E-state index is 12.9. The van der Waals surface area contributed by atoms with Gasteiger partial charge >= 0.3 is 0 Å². The summed E-state index contributed by atoms with van der Waals surface area (Å²) < 4.78 is 12.9. The van der Waals surface area contributed by atoms with Gasteiger partial charge in [-0.05, 0) is 32.7 Å². The van der Waals surface area contributed by atoms with Gasteiger partial charge in [0.1, 0.15) is 6.17 Å². The first-order valence-electron chi connectivity index (χ1n) is 5.29. The Morgan fingerprint density at radius 1 is 1.62 bits per heavy atom. The molecule has 2 unspecified atom stereocenters. The van der Waals surface area contributed by atoms with Crippen molar-refractivity contribution < 1.29 is 4.39 Å². The fourth-order valence-electron chi connectivity index (χ4n) is 2.51. The highest BCUT2D eigenvalue weighted by molar-refractivity contribution is 4.93. The second kappa shape index (κ2) is 3.54. The van der Waals surface area contributed by atoms with Crippen molar-refractivity contribution in [2.45, 2.75) is 37.9 Å². The van der Waals surface area contributed by atoms with Crippen molar-refractivity contribution in [2.75, 3.05) is 26.2 Å². The number of hydrogen-bond acceptors (Lipinski definition) is 2. The molecule has 3 heteroatoms. The number of alkyl halides is 1. The molecule has 0 spiro atoms. The lowest BCUT2D eigenvalue weighted by Crippen LogP contribution is -2.46. The minimum Gasteiger partial charge on any atom is -0.310 e. The number of rotatable bonds is 2. The van der Waals surface area contributed by atoms with Crippen molar-refractivity contribution in [3.63, 3.8) is 0 Å². The van der Waals surface area contributed by atoms with E-state index in [1.807, 2.05) is 0 Å². The molecule has 2 nitrogen and oxygen atoms in total. The number of nitrogens with one attached hydrogen (secondary N) is 1. The van der Waals surface area contributed by atoms with Crippen LogP contribution in [0, 0.1) is 0 Å². The van der Waals surface area contributed by atoms with Gasteiger partial charge in [-0.15, -0.1) is 0 Å². The molecule has 2 aliphatic heterocycles. The molecule has 2 rings (SSSR count). The zero-order valence-electron chi connectivity index (χ0n) is 8.35. The molecule has 0 radical (unpaired) electrons. The molecule has 0 bridgehead atoms. The number of nitrogens with zero attached hydrogens (tertiary/aromatic N) is 1. The standard InChI is InChI=1S/C10H19FN2/c1-10(4-2-5-12-10)8-13-6-3-9(11)7-13/h9,12H,2-8H2,1H3. The minimum absolute atomic E-state index is 0.254. The molecule has 1 N–H and O–H groups in total. The van der Waals surface area contributed by atoms with Crippen LogP contribution in [0.3, 0.4) is 0 Å². The predicted molar refractivity (Wildman–Crippen MR) is 51.6 cm³/mol. The molecule has 2 atom stereocenters. The second-order valence-electron chi connectivity index (χ2n) is 4.71. The maximum atomic E-state index is 12.9. The second-order valence-corrected chi connectivity index (χ2v) is 4.71. The van der Waals surface area contributed by atoms with Gasteiger partial charge in [0.05, 0.1) is 0 Å². The highest BCUT2D eigenvalue weighted by atomic mass is 19.1. The summed E-state index contributed by atoms with van der Waals surface area (Å²) in [5.41, 5.74) is 0.254. The number of likely N-dealkylation sites (tertiary alicyclic amines) is 1. The van der Waals surface area contributed by atoms with Crippen LogP contribution >= 0.6 is 0 Å². The maximum Gasteiger partial charge on any atom is 0.114 e. The Bertz CT molecular complexity index is 178. The fraction of sp³-hybridized carbons (Fsp3) is 1.00. The molecule has 2 saturated heterocycles. The summed E-state index contributed by atoms with van der Waals surface area (Å²) in [6.07, 6.45) is 2.66. The summed E-state index contributed by atoms with van der Waals surface area (Å²) in [6, 6.07) is 0. The molecular formula is C10H19FN2. The van der Waals surface area contributed by atoms with E-state index in [4.69, 9.17) is 0 Å². The van der Waals surface area contributed by atoms with Gasteiger partial charge in [0.15, 0.2) is 0 Å². The Morgan fingerprint density at radius 2 is 2.46 bits per heavy atom. The van der Waals surface area contributed by atoms with Crippen LogP contribution < -0.4 is 5.32 Å². The minimum atomic E-state index is -0.579. The average Bonchev–Trinajstić information content (AvgIpc) is 2.62. The van der Waals surface area contributed by atoms with Crippen molar-refractivity contribution in [1.82, 2.24) is 10.2 Å². The van der Waals surface area contributed by atoms with E-state index in [1.165, 1.54) is 12.8 Å². The SMILES string of the molecule is CC1(CN2CCC(F)C2)CCCN1. The van der Waals surface area contributed by atoms with E-state index in [9.17, 15) is 4.39 Å². The summed E-state index contributed by atoms with van der Waals surface area (Å²) in [4.78, 5) is 2.25. The zero-order chi connectivity index (χ0) is 9.31. The Labute approximate surface area is 79.5 Å². The Kier molecular flexibility index (Phi) is 2.56. The van der Waals surface area contributed by atoms with Gasteiger partial charge in [-0.25, -0.2) is 4.39 Å². The van der Waals surface area contributed by atoms with Gasteiger partial charge < -0.3 is 5.32 Å². The molecule has 0 amide bonds. The molecule has 0 aromatic carbocycles.